The first kappa shape index (κ1) is 21.5. The lowest BCUT2D eigenvalue weighted by Gasteiger charge is -2.33. The maximum absolute atomic E-state index is 14.3. The molecule has 2 aliphatic heterocycles. The number of benzene rings is 1. The van der Waals surface area contributed by atoms with Crippen LogP contribution in [0.15, 0.2) is 35.0 Å². The summed E-state index contributed by atoms with van der Waals surface area (Å²) in [6.45, 7) is 6.51. The summed E-state index contributed by atoms with van der Waals surface area (Å²) < 4.78 is 59.6. The number of nitrogens with zero attached hydrogens (tertiary/aromatic N) is 2. The number of halogens is 4. The van der Waals surface area contributed by atoms with Gasteiger partial charge in [0.25, 0.3) is 0 Å². The number of amidine groups is 1. The molecule has 0 bridgehead atoms. The van der Waals surface area contributed by atoms with E-state index in [4.69, 9.17) is 10.5 Å². The smallest absolute Gasteiger partial charge is 0.379 e. The molecule has 160 valence electrons. The molecule has 2 aliphatic rings. The maximum atomic E-state index is 14.3. The van der Waals surface area contributed by atoms with Crippen LogP contribution in [-0.4, -0.2) is 49.3 Å². The molecule has 0 aromatic heterocycles. The zero-order chi connectivity index (χ0) is 21.2. The minimum Gasteiger partial charge on any atom is -0.379 e. The van der Waals surface area contributed by atoms with Crippen LogP contribution < -0.4 is 16.4 Å². The fourth-order valence-corrected chi connectivity index (χ4v) is 3.25. The Morgan fingerprint density at radius 3 is 2.59 bits per heavy atom. The minimum absolute atomic E-state index is 0.237. The van der Waals surface area contributed by atoms with E-state index in [-0.39, 0.29) is 17.4 Å². The van der Waals surface area contributed by atoms with Gasteiger partial charge >= 0.3 is 6.18 Å². The Balaban J connectivity index is 1.92. The first-order chi connectivity index (χ1) is 13.6. The maximum Gasteiger partial charge on any atom is 0.421 e. The molecule has 0 aliphatic carbocycles. The molecular formula is C19H25F4N5O. The van der Waals surface area contributed by atoms with Gasteiger partial charge in [-0.3, -0.25) is 10.6 Å². The Labute approximate surface area is 166 Å². The van der Waals surface area contributed by atoms with Crippen molar-refractivity contribution in [3.8, 4) is 0 Å². The third-order valence-electron chi connectivity index (χ3n) is 4.62. The lowest BCUT2D eigenvalue weighted by atomic mass is 10.0. The number of hydrogen-bond acceptors (Lipinski definition) is 6. The van der Waals surface area contributed by atoms with Crippen molar-refractivity contribution >= 4 is 5.84 Å². The number of ether oxygens (including phenoxy) is 1. The molecule has 2 heterocycles. The van der Waals surface area contributed by atoms with Crippen LogP contribution >= 0.6 is 0 Å². The van der Waals surface area contributed by atoms with Crippen molar-refractivity contribution in [3.05, 3.63) is 46.9 Å². The van der Waals surface area contributed by atoms with Gasteiger partial charge in [0, 0.05) is 37.4 Å². The van der Waals surface area contributed by atoms with E-state index in [1.54, 1.807) is 19.9 Å². The molecule has 3 rings (SSSR count). The van der Waals surface area contributed by atoms with Crippen molar-refractivity contribution in [1.82, 2.24) is 15.5 Å². The highest BCUT2D eigenvalue weighted by Crippen LogP contribution is 2.31. The third kappa shape index (κ3) is 5.26. The van der Waals surface area contributed by atoms with Gasteiger partial charge in [-0.15, -0.1) is 0 Å². The lowest BCUT2D eigenvalue weighted by Crippen LogP contribution is -2.53. The van der Waals surface area contributed by atoms with E-state index in [0.29, 0.717) is 25.3 Å². The van der Waals surface area contributed by atoms with Crippen LogP contribution in [0.5, 0.6) is 0 Å². The molecule has 1 unspecified atom stereocenters. The molecule has 0 amide bonds. The Kier molecular flexibility index (Phi) is 6.16. The molecule has 4 N–H and O–H groups in total. The van der Waals surface area contributed by atoms with Gasteiger partial charge in [-0.25, -0.2) is 9.38 Å². The van der Waals surface area contributed by atoms with Crippen molar-refractivity contribution in [1.29, 1.82) is 0 Å². The average molecular weight is 415 g/mol. The topological polar surface area (TPSA) is 74.9 Å². The van der Waals surface area contributed by atoms with Crippen molar-refractivity contribution in [2.24, 2.45) is 10.7 Å². The SMILES string of the molecule is CC(C)NC1=NC(N)(c2cc(F)cc(CN3CCOCC3)c2)NC=C1C(F)(F)F. The standard InChI is InChI=1S/C19H25F4N5O/c1-12(2)26-17-16(18(21,22)23)10-25-19(24,27-17)14-7-13(8-15(20)9-14)11-28-3-5-29-6-4-28/h7-10,12,25H,3-6,11,24H2,1-2H3,(H,26,27). The number of aliphatic imine (C=N–C) groups is 1. The van der Waals surface area contributed by atoms with E-state index in [1.165, 1.54) is 12.1 Å². The van der Waals surface area contributed by atoms with Gasteiger partial charge in [0.15, 0.2) is 0 Å². The minimum atomic E-state index is -4.61. The first-order valence-electron chi connectivity index (χ1n) is 9.37. The van der Waals surface area contributed by atoms with Crippen molar-refractivity contribution in [3.63, 3.8) is 0 Å². The normalized spacial score (nSPS) is 23.4. The molecule has 6 nitrogen and oxygen atoms in total. The molecule has 1 atom stereocenters. The highest BCUT2D eigenvalue weighted by atomic mass is 19.4. The van der Waals surface area contributed by atoms with Gasteiger partial charge in [0.2, 0.25) is 5.79 Å². The zero-order valence-electron chi connectivity index (χ0n) is 16.3. The summed E-state index contributed by atoms with van der Waals surface area (Å²) in [5.41, 5.74) is 6.21. The Morgan fingerprint density at radius 1 is 1.28 bits per heavy atom. The number of alkyl halides is 3. The highest BCUT2D eigenvalue weighted by Gasteiger charge is 2.42. The molecule has 29 heavy (non-hydrogen) atoms. The van der Waals surface area contributed by atoms with Crippen LogP contribution in [-0.2, 0) is 17.1 Å². The van der Waals surface area contributed by atoms with Crippen LogP contribution in [0.4, 0.5) is 17.6 Å². The summed E-state index contributed by atoms with van der Waals surface area (Å²) in [6.07, 6.45) is -3.83. The second-order valence-corrected chi connectivity index (χ2v) is 7.46. The molecular weight excluding hydrogens is 390 g/mol. The summed E-state index contributed by atoms with van der Waals surface area (Å²) in [6, 6.07) is 3.93. The van der Waals surface area contributed by atoms with E-state index in [0.717, 1.165) is 19.3 Å². The fraction of sp³-hybridized carbons (Fsp3) is 0.526. The quantitative estimate of drug-likeness (QED) is 0.658. The fourth-order valence-electron chi connectivity index (χ4n) is 3.25. The Bertz CT molecular complexity index is 802. The van der Waals surface area contributed by atoms with E-state index >= 15 is 0 Å². The average Bonchev–Trinajstić information content (AvgIpc) is 2.60. The van der Waals surface area contributed by atoms with Gasteiger partial charge in [0.05, 0.1) is 13.2 Å². The number of nitrogens with one attached hydrogen (secondary N) is 2. The summed E-state index contributed by atoms with van der Waals surface area (Å²) in [5.74, 6) is -2.64. The van der Waals surface area contributed by atoms with Gasteiger partial charge in [-0.05, 0) is 37.6 Å². The first-order valence-corrected chi connectivity index (χ1v) is 9.37. The lowest BCUT2D eigenvalue weighted by molar-refractivity contribution is -0.0873. The van der Waals surface area contributed by atoms with Crippen LogP contribution in [0.2, 0.25) is 0 Å². The van der Waals surface area contributed by atoms with E-state index in [2.05, 4.69) is 20.5 Å². The molecule has 0 radical (unpaired) electrons. The molecule has 1 aromatic carbocycles. The van der Waals surface area contributed by atoms with Gasteiger partial charge in [-0.1, -0.05) is 0 Å². The summed E-state index contributed by atoms with van der Waals surface area (Å²) in [5, 5.41) is 5.18. The van der Waals surface area contributed by atoms with Crippen LogP contribution in [0.3, 0.4) is 0 Å². The predicted molar refractivity (Wildman–Crippen MR) is 101 cm³/mol. The molecule has 10 heteroatoms. The Morgan fingerprint density at radius 2 is 1.97 bits per heavy atom. The predicted octanol–water partition coefficient (Wildman–Crippen LogP) is 2.17. The highest BCUT2D eigenvalue weighted by molar-refractivity contribution is 6.00. The summed E-state index contributed by atoms with van der Waals surface area (Å²) in [7, 11) is 0. The molecule has 1 saturated heterocycles. The van der Waals surface area contributed by atoms with Gasteiger partial charge in [-0.2, -0.15) is 13.2 Å². The second-order valence-electron chi connectivity index (χ2n) is 7.46. The van der Waals surface area contributed by atoms with Crippen molar-refractivity contribution in [2.45, 2.75) is 38.4 Å². The second kappa shape index (κ2) is 8.29. The van der Waals surface area contributed by atoms with E-state index < -0.39 is 23.4 Å². The van der Waals surface area contributed by atoms with Crippen LogP contribution in [0.25, 0.3) is 0 Å². The largest absolute Gasteiger partial charge is 0.421 e. The zero-order valence-corrected chi connectivity index (χ0v) is 16.3. The molecule has 0 saturated carbocycles. The summed E-state index contributed by atoms with van der Waals surface area (Å²) in [4.78, 5) is 6.19. The van der Waals surface area contributed by atoms with E-state index in [1.807, 2.05) is 0 Å². The number of hydrogen-bond donors (Lipinski definition) is 3. The van der Waals surface area contributed by atoms with Crippen molar-refractivity contribution in [2.75, 3.05) is 26.3 Å². The molecule has 0 spiro atoms. The Hall–Kier alpha value is -2.17. The molecule has 1 fully saturated rings. The monoisotopic (exact) mass is 415 g/mol. The van der Waals surface area contributed by atoms with Crippen LogP contribution in [0, 0.1) is 5.82 Å². The third-order valence-corrected chi connectivity index (χ3v) is 4.62. The van der Waals surface area contributed by atoms with Crippen molar-refractivity contribution < 1.29 is 22.3 Å². The summed E-state index contributed by atoms with van der Waals surface area (Å²) >= 11 is 0. The van der Waals surface area contributed by atoms with Gasteiger partial charge in [0.1, 0.15) is 17.2 Å². The number of morpholine rings is 1. The number of nitrogens with two attached hydrogens (primary N) is 1. The van der Waals surface area contributed by atoms with E-state index in [9.17, 15) is 17.6 Å². The van der Waals surface area contributed by atoms with Crippen LogP contribution in [0.1, 0.15) is 25.0 Å². The number of rotatable bonds is 4. The van der Waals surface area contributed by atoms with Gasteiger partial charge < -0.3 is 15.4 Å². The molecule has 1 aromatic rings.